The Balaban J connectivity index is 1.89. The highest BCUT2D eigenvalue weighted by Crippen LogP contribution is 2.23. The summed E-state index contributed by atoms with van der Waals surface area (Å²) in [6.45, 7) is 5.24. The Morgan fingerprint density at radius 3 is 2.62 bits per heavy atom. The minimum atomic E-state index is -3.28. The monoisotopic (exact) mass is 359 g/mol. The Labute approximate surface area is 142 Å². The van der Waals surface area contributed by atoms with Crippen molar-refractivity contribution in [1.29, 1.82) is 0 Å². The highest BCUT2D eigenvalue weighted by atomic mass is 32.2. The zero-order valence-electron chi connectivity index (χ0n) is 14.1. The summed E-state index contributed by atoms with van der Waals surface area (Å²) in [5, 5.41) is 2.86. The summed E-state index contributed by atoms with van der Waals surface area (Å²) in [5.41, 5.74) is 0. The molecule has 1 aromatic rings. The van der Waals surface area contributed by atoms with E-state index in [4.69, 9.17) is 9.15 Å². The van der Waals surface area contributed by atoms with Gasteiger partial charge < -0.3 is 14.5 Å². The number of nitrogens with one attached hydrogen (secondary N) is 2. The average molecular weight is 359 g/mol. The van der Waals surface area contributed by atoms with Gasteiger partial charge in [-0.25, -0.2) is 13.1 Å². The van der Waals surface area contributed by atoms with Gasteiger partial charge in [-0.15, -0.1) is 0 Å². The molecule has 1 unspecified atom stereocenters. The fourth-order valence-electron chi connectivity index (χ4n) is 2.58. The van der Waals surface area contributed by atoms with Crippen molar-refractivity contribution < 1.29 is 22.4 Å². The standard InChI is InChI=1S/C15H25N3O5S/c1-12-3-4-14(23-12)13(18-7-9-22-10-8-18)11-16-15(19)5-6-17-24(2,20)21/h3-4,13,17H,5-11H2,1-2H3,(H,16,19). The molecular weight excluding hydrogens is 334 g/mol. The molecule has 24 heavy (non-hydrogen) atoms. The largest absolute Gasteiger partial charge is 0.465 e. The van der Waals surface area contributed by atoms with Crippen LogP contribution in [0.2, 0.25) is 0 Å². The van der Waals surface area contributed by atoms with Gasteiger partial charge in [0.1, 0.15) is 11.5 Å². The summed E-state index contributed by atoms with van der Waals surface area (Å²) >= 11 is 0. The molecule has 1 fully saturated rings. The number of furan rings is 1. The molecule has 1 aromatic heterocycles. The van der Waals surface area contributed by atoms with E-state index in [0.29, 0.717) is 19.8 Å². The second-order valence-corrected chi connectivity index (χ2v) is 7.67. The lowest BCUT2D eigenvalue weighted by Crippen LogP contribution is -2.44. The molecule has 2 rings (SSSR count). The number of ether oxygens (including phenoxy) is 1. The maximum atomic E-state index is 11.9. The molecule has 136 valence electrons. The van der Waals surface area contributed by atoms with E-state index in [1.807, 2.05) is 19.1 Å². The molecule has 1 aliphatic rings. The van der Waals surface area contributed by atoms with Crippen LogP contribution in [0, 0.1) is 6.92 Å². The number of carbonyl (C=O) groups excluding carboxylic acids is 1. The van der Waals surface area contributed by atoms with Crippen molar-refractivity contribution in [3.63, 3.8) is 0 Å². The normalized spacial score (nSPS) is 17.6. The Kier molecular flexibility index (Phi) is 6.79. The SMILES string of the molecule is Cc1ccc(C(CNC(=O)CCNS(C)(=O)=O)N2CCOCC2)o1. The van der Waals surface area contributed by atoms with Gasteiger partial charge in [0.25, 0.3) is 0 Å². The maximum Gasteiger partial charge on any atom is 0.221 e. The maximum absolute atomic E-state index is 11.9. The minimum absolute atomic E-state index is 0.0607. The second-order valence-electron chi connectivity index (χ2n) is 5.83. The van der Waals surface area contributed by atoms with Crippen molar-refractivity contribution in [1.82, 2.24) is 14.9 Å². The molecule has 0 spiro atoms. The first-order valence-electron chi connectivity index (χ1n) is 7.94. The number of amides is 1. The molecule has 8 nitrogen and oxygen atoms in total. The van der Waals surface area contributed by atoms with E-state index in [1.54, 1.807) is 0 Å². The van der Waals surface area contributed by atoms with Crippen molar-refractivity contribution in [3.8, 4) is 0 Å². The highest BCUT2D eigenvalue weighted by Gasteiger charge is 2.25. The number of nitrogens with zero attached hydrogens (tertiary/aromatic N) is 1. The van der Waals surface area contributed by atoms with E-state index in [9.17, 15) is 13.2 Å². The summed E-state index contributed by atoms with van der Waals surface area (Å²) in [6.07, 6.45) is 1.17. The van der Waals surface area contributed by atoms with E-state index in [-0.39, 0.29) is 24.9 Å². The summed E-state index contributed by atoms with van der Waals surface area (Å²) in [4.78, 5) is 14.2. The first-order chi connectivity index (χ1) is 11.3. The lowest BCUT2D eigenvalue weighted by molar-refractivity contribution is -0.121. The third kappa shape index (κ3) is 6.23. The molecule has 1 amide bonds. The molecule has 2 heterocycles. The number of aryl methyl sites for hydroxylation is 1. The van der Waals surface area contributed by atoms with Crippen LogP contribution in [0.3, 0.4) is 0 Å². The smallest absolute Gasteiger partial charge is 0.221 e. The first-order valence-corrected chi connectivity index (χ1v) is 9.84. The van der Waals surface area contributed by atoms with Crippen molar-refractivity contribution in [2.24, 2.45) is 0 Å². The van der Waals surface area contributed by atoms with Crippen molar-refractivity contribution >= 4 is 15.9 Å². The fraction of sp³-hybridized carbons (Fsp3) is 0.667. The third-order valence-electron chi connectivity index (χ3n) is 3.78. The van der Waals surface area contributed by atoms with Gasteiger partial charge in [-0.3, -0.25) is 9.69 Å². The molecular formula is C15H25N3O5S. The summed E-state index contributed by atoms with van der Waals surface area (Å²) in [5.74, 6) is 1.43. The van der Waals surface area contributed by atoms with E-state index >= 15 is 0 Å². The van der Waals surface area contributed by atoms with Crippen LogP contribution in [0.5, 0.6) is 0 Å². The fourth-order valence-corrected chi connectivity index (χ4v) is 3.05. The topological polar surface area (TPSA) is 101 Å². The molecule has 0 aliphatic carbocycles. The van der Waals surface area contributed by atoms with Gasteiger partial charge in [0, 0.05) is 32.6 Å². The van der Waals surface area contributed by atoms with Crippen LogP contribution in [0.4, 0.5) is 0 Å². The number of rotatable bonds is 8. The van der Waals surface area contributed by atoms with E-state index < -0.39 is 10.0 Å². The molecule has 1 aliphatic heterocycles. The number of sulfonamides is 1. The summed E-state index contributed by atoms with van der Waals surface area (Å²) in [6, 6.07) is 3.77. The van der Waals surface area contributed by atoms with Crippen LogP contribution >= 0.6 is 0 Å². The van der Waals surface area contributed by atoms with E-state index in [0.717, 1.165) is 30.9 Å². The van der Waals surface area contributed by atoms with Crippen LogP contribution < -0.4 is 10.0 Å². The predicted molar refractivity (Wildman–Crippen MR) is 89.1 cm³/mol. The van der Waals surface area contributed by atoms with Gasteiger partial charge in [-0.05, 0) is 19.1 Å². The molecule has 0 aromatic carbocycles. The summed E-state index contributed by atoms with van der Waals surface area (Å²) in [7, 11) is -3.28. The van der Waals surface area contributed by atoms with Crippen LogP contribution in [0.15, 0.2) is 16.5 Å². The van der Waals surface area contributed by atoms with Gasteiger partial charge in [-0.1, -0.05) is 0 Å². The van der Waals surface area contributed by atoms with Gasteiger partial charge in [0.15, 0.2) is 0 Å². The zero-order chi connectivity index (χ0) is 17.6. The number of carbonyl (C=O) groups is 1. The van der Waals surface area contributed by atoms with Crippen LogP contribution in [0.25, 0.3) is 0 Å². The Morgan fingerprint density at radius 1 is 1.33 bits per heavy atom. The summed E-state index contributed by atoms with van der Waals surface area (Å²) < 4.78 is 35.4. The van der Waals surface area contributed by atoms with Crippen LogP contribution in [-0.2, 0) is 19.6 Å². The second kappa shape index (κ2) is 8.61. The average Bonchev–Trinajstić information content (AvgIpc) is 2.93. The number of hydrogen-bond donors (Lipinski definition) is 2. The Hall–Kier alpha value is -1.42. The number of morpholine rings is 1. The zero-order valence-corrected chi connectivity index (χ0v) is 14.9. The molecule has 0 bridgehead atoms. The number of hydrogen-bond acceptors (Lipinski definition) is 6. The lowest BCUT2D eigenvalue weighted by Gasteiger charge is -2.33. The molecule has 0 radical (unpaired) electrons. The van der Waals surface area contributed by atoms with Gasteiger partial charge in [0.2, 0.25) is 15.9 Å². The van der Waals surface area contributed by atoms with E-state index in [2.05, 4.69) is 14.9 Å². The minimum Gasteiger partial charge on any atom is -0.465 e. The van der Waals surface area contributed by atoms with Crippen molar-refractivity contribution in [2.45, 2.75) is 19.4 Å². The van der Waals surface area contributed by atoms with Gasteiger partial charge >= 0.3 is 0 Å². The molecule has 2 N–H and O–H groups in total. The van der Waals surface area contributed by atoms with Crippen LogP contribution in [0.1, 0.15) is 24.0 Å². The molecule has 1 saturated heterocycles. The quantitative estimate of drug-likeness (QED) is 0.678. The third-order valence-corrected chi connectivity index (χ3v) is 4.51. The lowest BCUT2D eigenvalue weighted by atomic mass is 10.1. The molecule has 9 heteroatoms. The Bertz CT molecular complexity index is 637. The van der Waals surface area contributed by atoms with Crippen LogP contribution in [-0.4, -0.2) is 64.9 Å². The van der Waals surface area contributed by atoms with Gasteiger partial charge in [-0.2, -0.15) is 0 Å². The molecule has 0 saturated carbocycles. The van der Waals surface area contributed by atoms with Crippen molar-refractivity contribution in [3.05, 3.63) is 23.7 Å². The Morgan fingerprint density at radius 2 is 2.04 bits per heavy atom. The van der Waals surface area contributed by atoms with E-state index in [1.165, 1.54) is 0 Å². The highest BCUT2D eigenvalue weighted by molar-refractivity contribution is 7.88. The first kappa shape index (κ1) is 18.9. The molecule has 1 atom stereocenters. The van der Waals surface area contributed by atoms with Gasteiger partial charge in [0.05, 0.1) is 25.5 Å². The van der Waals surface area contributed by atoms with Crippen molar-refractivity contribution in [2.75, 3.05) is 45.6 Å². The predicted octanol–water partition coefficient (Wildman–Crippen LogP) is 0.0168.